The maximum atomic E-state index is 14.8. The van der Waals surface area contributed by atoms with E-state index in [0.717, 1.165) is 24.0 Å². The monoisotopic (exact) mass is 642 g/mol. The molecule has 46 heavy (non-hydrogen) atoms. The highest BCUT2D eigenvalue weighted by molar-refractivity contribution is 5.95. The van der Waals surface area contributed by atoms with Crippen molar-refractivity contribution in [2.24, 2.45) is 0 Å². The molecule has 3 aromatic rings. The average Bonchev–Trinajstić information content (AvgIpc) is 3.36. The summed E-state index contributed by atoms with van der Waals surface area (Å²) in [6.07, 6.45) is -3.13. The Bertz CT molecular complexity index is 1590. The molecular formula is C34H42F4N6O2. The van der Waals surface area contributed by atoms with Crippen LogP contribution in [-0.2, 0) is 6.54 Å². The lowest BCUT2D eigenvalue weighted by atomic mass is 10.0. The Hall–Kier alpha value is -3.95. The number of amides is 1. The molecule has 0 saturated carbocycles. The largest absolute Gasteiger partial charge is 0.495 e. The van der Waals surface area contributed by atoms with Crippen LogP contribution >= 0.6 is 0 Å². The Balaban J connectivity index is 1.31. The molecule has 5 rings (SSSR count). The molecule has 1 aromatic heterocycles. The second-order valence-corrected chi connectivity index (χ2v) is 12.3. The van der Waals surface area contributed by atoms with E-state index in [2.05, 4.69) is 41.5 Å². The minimum absolute atomic E-state index is 0.0499. The number of hydrogen-bond donors (Lipinski definition) is 2. The fourth-order valence-corrected chi connectivity index (χ4v) is 6.29. The van der Waals surface area contributed by atoms with Crippen LogP contribution in [0, 0.1) is 11.8 Å². The van der Waals surface area contributed by atoms with E-state index >= 15 is 0 Å². The Labute approximate surface area is 267 Å². The predicted octanol–water partition coefficient (Wildman–Crippen LogP) is 5.30. The van der Waals surface area contributed by atoms with Crippen LogP contribution in [0.15, 0.2) is 42.5 Å². The van der Waals surface area contributed by atoms with Crippen LogP contribution in [0.1, 0.15) is 35.3 Å². The number of anilines is 2. The van der Waals surface area contributed by atoms with Crippen LogP contribution in [0.25, 0.3) is 10.9 Å². The van der Waals surface area contributed by atoms with Gasteiger partial charge in [0.15, 0.2) is 0 Å². The molecule has 0 radical (unpaired) electrons. The molecule has 2 N–H and O–H groups in total. The number of rotatable bonds is 8. The molecule has 2 aliphatic rings. The summed E-state index contributed by atoms with van der Waals surface area (Å²) < 4.78 is 62.4. The molecule has 8 nitrogen and oxygen atoms in total. The van der Waals surface area contributed by atoms with Gasteiger partial charge in [-0.3, -0.25) is 4.79 Å². The van der Waals surface area contributed by atoms with Gasteiger partial charge in [-0.05, 0) is 82.7 Å². The zero-order valence-electron chi connectivity index (χ0n) is 26.8. The number of aromatic nitrogens is 1. The highest BCUT2D eigenvalue weighted by atomic mass is 19.4. The highest BCUT2D eigenvalue weighted by Crippen LogP contribution is 2.32. The van der Waals surface area contributed by atoms with Gasteiger partial charge in [0.2, 0.25) is 0 Å². The van der Waals surface area contributed by atoms with Crippen LogP contribution in [0.4, 0.5) is 28.9 Å². The van der Waals surface area contributed by atoms with Crippen LogP contribution in [0.5, 0.6) is 5.75 Å². The third kappa shape index (κ3) is 7.88. The number of fused-ring (bicyclic) bond motifs is 1. The summed E-state index contributed by atoms with van der Waals surface area (Å²) in [5.74, 6) is 6.25. The second kappa shape index (κ2) is 14.2. The van der Waals surface area contributed by atoms with Gasteiger partial charge in [-0.25, -0.2) is 4.39 Å². The fourth-order valence-electron chi connectivity index (χ4n) is 6.29. The first kappa shape index (κ1) is 33.4. The van der Waals surface area contributed by atoms with Gasteiger partial charge in [0, 0.05) is 48.9 Å². The van der Waals surface area contributed by atoms with Crippen molar-refractivity contribution in [1.29, 1.82) is 0 Å². The van der Waals surface area contributed by atoms with Gasteiger partial charge >= 0.3 is 6.18 Å². The Morgan fingerprint density at radius 3 is 2.50 bits per heavy atom. The Kier molecular flexibility index (Phi) is 10.3. The maximum absolute atomic E-state index is 14.8. The third-order valence-corrected chi connectivity index (χ3v) is 8.88. The molecule has 0 unspecified atom stereocenters. The number of benzene rings is 2. The molecule has 248 valence electrons. The number of halogens is 4. The summed E-state index contributed by atoms with van der Waals surface area (Å²) in [6.45, 7) is 1.33. The number of likely N-dealkylation sites (tertiary alicyclic amines) is 2. The SMILES string of the molecule is COc1cc(C(=O)N2CCC(N(C)C)CC2)ccc1NCC#Cc1cc2c(N[C@@H]3CCN(C)C[C@@H]3F)cccc2n1CC(F)(F)F. The van der Waals surface area contributed by atoms with Gasteiger partial charge in [-0.1, -0.05) is 12.0 Å². The van der Waals surface area contributed by atoms with E-state index < -0.39 is 24.9 Å². The van der Waals surface area contributed by atoms with Crippen molar-refractivity contribution in [3.8, 4) is 17.6 Å². The molecule has 12 heteroatoms. The second-order valence-electron chi connectivity index (χ2n) is 12.3. The fraction of sp³-hybridized carbons (Fsp3) is 0.500. The molecule has 0 spiro atoms. The summed E-state index contributed by atoms with van der Waals surface area (Å²) in [5.41, 5.74) is 2.29. The third-order valence-electron chi connectivity index (χ3n) is 8.88. The lowest BCUT2D eigenvalue weighted by molar-refractivity contribution is -0.140. The highest BCUT2D eigenvalue weighted by Gasteiger charge is 2.31. The van der Waals surface area contributed by atoms with E-state index in [1.807, 2.05) is 16.8 Å². The van der Waals surface area contributed by atoms with E-state index in [9.17, 15) is 22.4 Å². The number of nitrogens with zero attached hydrogens (tertiary/aromatic N) is 4. The number of nitrogens with one attached hydrogen (secondary N) is 2. The first-order valence-electron chi connectivity index (χ1n) is 15.6. The lowest BCUT2D eigenvalue weighted by Crippen LogP contribution is -2.46. The summed E-state index contributed by atoms with van der Waals surface area (Å²) in [6, 6.07) is 11.9. The van der Waals surface area contributed by atoms with Crippen molar-refractivity contribution in [3.05, 3.63) is 53.7 Å². The van der Waals surface area contributed by atoms with Crippen molar-refractivity contribution in [2.75, 3.05) is 71.6 Å². The van der Waals surface area contributed by atoms with Gasteiger partial charge in [0.05, 0.1) is 36.6 Å². The minimum Gasteiger partial charge on any atom is -0.495 e. The normalized spacial score (nSPS) is 19.6. The number of ether oxygens (including phenoxy) is 1. The zero-order chi connectivity index (χ0) is 33.0. The molecule has 2 fully saturated rings. The van der Waals surface area contributed by atoms with Crippen molar-refractivity contribution >= 4 is 28.2 Å². The Morgan fingerprint density at radius 1 is 1.07 bits per heavy atom. The smallest absolute Gasteiger partial charge is 0.406 e. The number of piperidine rings is 2. The molecular weight excluding hydrogens is 600 g/mol. The molecule has 0 bridgehead atoms. The van der Waals surface area contributed by atoms with Crippen LogP contribution < -0.4 is 15.4 Å². The van der Waals surface area contributed by atoms with Crippen molar-refractivity contribution in [1.82, 2.24) is 19.3 Å². The summed E-state index contributed by atoms with van der Waals surface area (Å²) >= 11 is 0. The minimum atomic E-state index is -4.46. The topological polar surface area (TPSA) is 65.0 Å². The van der Waals surface area contributed by atoms with Crippen LogP contribution in [0.2, 0.25) is 0 Å². The van der Waals surface area contributed by atoms with Crippen molar-refractivity contribution in [3.63, 3.8) is 0 Å². The van der Waals surface area contributed by atoms with Crippen molar-refractivity contribution in [2.45, 2.75) is 50.2 Å². The molecule has 2 atom stereocenters. The van der Waals surface area contributed by atoms with E-state index in [0.29, 0.717) is 65.7 Å². The predicted molar refractivity (Wildman–Crippen MR) is 173 cm³/mol. The van der Waals surface area contributed by atoms with Crippen LogP contribution in [0.3, 0.4) is 0 Å². The number of methoxy groups -OCH3 is 1. The van der Waals surface area contributed by atoms with Crippen molar-refractivity contribution < 1.29 is 27.1 Å². The maximum Gasteiger partial charge on any atom is 0.406 e. The van der Waals surface area contributed by atoms with Gasteiger partial charge in [-0.2, -0.15) is 13.2 Å². The molecule has 2 aromatic carbocycles. The van der Waals surface area contributed by atoms with E-state index in [1.54, 1.807) is 42.5 Å². The number of carbonyl (C=O) groups excluding carboxylic acids is 1. The lowest BCUT2D eigenvalue weighted by Gasteiger charge is -2.35. The molecule has 2 saturated heterocycles. The molecule has 3 heterocycles. The number of alkyl halides is 4. The summed E-state index contributed by atoms with van der Waals surface area (Å²) in [7, 11) is 7.49. The molecule has 2 aliphatic heterocycles. The number of hydrogen-bond acceptors (Lipinski definition) is 6. The van der Waals surface area contributed by atoms with E-state index in [1.165, 1.54) is 7.11 Å². The van der Waals surface area contributed by atoms with Gasteiger partial charge in [0.1, 0.15) is 18.5 Å². The van der Waals surface area contributed by atoms with Gasteiger partial charge in [0.25, 0.3) is 5.91 Å². The van der Waals surface area contributed by atoms with Gasteiger partial charge < -0.3 is 34.6 Å². The standard InChI is InChI=1S/C34H42F4N6O2/c1-41(2)24-12-17-43(18-13-24)33(45)23-10-11-30(32(19-23)46-4)39-15-6-7-25-20-26-28(40-29-14-16-42(3)21-27(29)35)8-5-9-31(26)44(25)22-34(36,37)38/h5,8-11,19-20,24,27,29,39-40H,12-18,21-22H2,1-4H3/t27-,29+/m0/s1. The zero-order valence-corrected chi connectivity index (χ0v) is 26.8. The van der Waals surface area contributed by atoms with Gasteiger partial charge in [-0.15, -0.1) is 0 Å². The van der Waals surface area contributed by atoms with E-state index in [4.69, 9.17) is 4.74 Å². The summed E-state index contributed by atoms with van der Waals surface area (Å²) in [5, 5.41) is 6.95. The first-order valence-corrected chi connectivity index (χ1v) is 15.6. The first-order chi connectivity index (χ1) is 21.9. The average molecular weight is 643 g/mol. The quantitative estimate of drug-likeness (QED) is 0.257. The Morgan fingerprint density at radius 2 is 1.83 bits per heavy atom. The van der Waals surface area contributed by atoms with E-state index in [-0.39, 0.29) is 18.1 Å². The number of carbonyl (C=O) groups is 1. The molecule has 1 amide bonds. The summed E-state index contributed by atoms with van der Waals surface area (Å²) in [4.78, 5) is 19.1. The molecule has 0 aliphatic carbocycles. The van der Waals surface area contributed by atoms with Crippen LogP contribution in [-0.4, -0.2) is 111 Å².